The molecule has 0 saturated heterocycles. The van der Waals surface area contributed by atoms with Crippen LogP contribution in [-0.4, -0.2) is 32.9 Å². The van der Waals surface area contributed by atoms with Crippen LogP contribution in [0.5, 0.6) is 0 Å². The molecular formula is C18H18ClN5O2. The molecule has 2 amide bonds. The van der Waals surface area contributed by atoms with Gasteiger partial charge >= 0.3 is 0 Å². The van der Waals surface area contributed by atoms with Gasteiger partial charge in [0.05, 0.1) is 22.5 Å². The fraction of sp³-hybridized carbons (Fsp3) is 0.222. The third-order valence-electron chi connectivity index (χ3n) is 3.85. The lowest BCUT2D eigenvalue weighted by atomic mass is 10.1. The lowest BCUT2D eigenvalue weighted by Crippen LogP contribution is -2.24. The van der Waals surface area contributed by atoms with Crippen molar-refractivity contribution in [2.24, 2.45) is 7.05 Å². The third kappa shape index (κ3) is 3.52. The van der Waals surface area contributed by atoms with E-state index in [0.29, 0.717) is 34.5 Å². The highest BCUT2D eigenvalue weighted by molar-refractivity contribution is 6.34. The molecule has 0 aliphatic carbocycles. The molecule has 8 heteroatoms. The summed E-state index contributed by atoms with van der Waals surface area (Å²) in [4.78, 5) is 33.1. The summed E-state index contributed by atoms with van der Waals surface area (Å²) in [6, 6.07) is 6.39. The predicted molar refractivity (Wildman–Crippen MR) is 101 cm³/mol. The number of hydrogen-bond acceptors (Lipinski definition) is 4. The fourth-order valence-corrected chi connectivity index (χ4v) is 2.79. The largest absolute Gasteiger partial charge is 0.352 e. The van der Waals surface area contributed by atoms with Crippen molar-refractivity contribution in [3.05, 3.63) is 52.9 Å². The van der Waals surface area contributed by atoms with Gasteiger partial charge in [-0.3, -0.25) is 9.59 Å². The Kier molecular flexibility index (Phi) is 5.18. The Morgan fingerprint density at radius 3 is 2.69 bits per heavy atom. The van der Waals surface area contributed by atoms with Gasteiger partial charge in [-0.05, 0) is 30.7 Å². The number of nitrogens with zero attached hydrogens (tertiary/aromatic N) is 3. The number of fused-ring (bicyclic) bond motifs is 1. The summed E-state index contributed by atoms with van der Waals surface area (Å²) in [5.74, 6) is -0.561. The van der Waals surface area contributed by atoms with Crippen molar-refractivity contribution in [1.29, 1.82) is 0 Å². The second-order valence-electron chi connectivity index (χ2n) is 5.79. The maximum Gasteiger partial charge on any atom is 0.258 e. The number of benzene rings is 1. The van der Waals surface area contributed by atoms with Crippen molar-refractivity contribution in [2.75, 3.05) is 11.9 Å². The number of amides is 2. The number of imidazole rings is 1. The average molecular weight is 372 g/mol. The molecule has 1 aromatic carbocycles. The van der Waals surface area contributed by atoms with E-state index in [9.17, 15) is 9.59 Å². The van der Waals surface area contributed by atoms with Crippen molar-refractivity contribution in [1.82, 2.24) is 19.9 Å². The van der Waals surface area contributed by atoms with E-state index < -0.39 is 0 Å². The molecule has 3 rings (SSSR count). The third-order valence-corrected chi connectivity index (χ3v) is 4.16. The molecule has 0 aliphatic rings. The van der Waals surface area contributed by atoms with Crippen LogP contribution >= 0.6 is 11.6 Å². The number of halogens is 1. The summed E-state index contributed by atoms with van der Waals surface area (Å²) >= 11 is 6.19. The first-order chi connectivity index (χ1) is 12.5. The maximum atomic E-state index is 12.6. The molecule has 2 aromatic heterocycles. The van der Waals surface area contributed by atoms with Crippen LogP contribution in [0.1, 0.15) is 34.1 Å². The summed E-state index contributed by atoms with van der Waals surface area (Å²) in [6.45, 7) is 2.55. The van der Waals surface area contributed by atoms with Crippen LogP contribution in [-0.2, 0) is 7.05 Å². The van der Waals surface area contributed by atoms with Crippen LogP contribution in [0, 0.1) is 0 Å². The van der Waals surface area contributed by atoms with E-state index in [4.69, 9.17) is 11.6 Å². The molecule has 26 heavy (non-hydrogen) atoms. The van der Waals surface area contributed by atoms with Crippen molar-refractivity contribution in [2.45, 2.75) is 13.3 Å². The Morgan fingerprint density at radius 1 is 1.15 bits per heavy atom. The van der Waals surface area contributed by atoms with Gasteiger partial charge in [-0.2, -0.15) is 0 Å². The summed E-state index contributed by atoms with van der Waals surface area (Å²) in [5.41, 5.74) is 2.42. The molecule has 0 atom stereocenters. The first-order valence-electron chi connectivity index (χ1n) is 8.16. The Hall–Kier alpha value is -2.93. The lowest BCUT2D eigenvalue weighted by molar-refractivity contribution is 0.0953. The second kappa shape index (κ2) is 7.53. The van der Waals surface area contributed by atoms with E-state index >= 15 is 0 Å². The minimum absolute atomic E-state index is 0.237. The van der Waals surface area contributed by atoms with E-state index in [1.807, 2.05) is 14.0 Å². The first-order valence-corrected chi connectivity index (χ1v) is 8.54. The van der Waals surface area contributed by atoms with E-state index in [1.54, 1.807) is 41.4 Å². The van der Waals surface area contributed by atoms with Crippen molar-refractivity contribution >= 4 is 40.3 Å². The number of nitrogens with one attached hydrogen (secondary N) is 2. The average Bonchev–Trinajstić information content (AvgIpc) is 3.01. The number of aryl methyl sites for hydroxylation is 1. The standard InChI is InChI=1S/C18H18ClN5O2/c1-3-7-21-17(25)12-5-4-11(9-14(12)19)23-18(26)13-6-8-20-16-15(13)22-10-24(16)2/h4-6,8-10H,3,7H2,1-2H3,(H,21,25)(H,23,26). The van der Waals surface area contributed by atoms with Gasteiger partial charge in [-0.1, -0.05) is 18.5 Å². The molecule has 0 fully saturated rings. The molecule has 0 bridgehead atoms. The summed E-state index contributed by atoms with van der Waals surface area (Å²) in [7, 11) is 1.81. The molecule has 0 spiro atoms. The number of hydrogen-bond donors (Lipinski definition) is 2. The van der Waals surface area contributed by atoms with Crippen molar-refractivity contribution in [3.63, 3.8) is 0 Å². The molecule has 0 aliphatic heterocycles. The van der Waals surface area contributed by atoms with Gasteiger partial charge in [-0.15, -0.1) is 0 Å². The van der Waals surface area contributed by atoms with Gasteiger partial charge < -0.3 is 15.2 Å². The summed E-state index contributed by atoms with van der Waals surface area (Å²) in [6.07, 6.45) is 4.01. The van der Waals surface area contributed by atoms with Crippen molar-refractivity contribution < 1.29 is 9.59 Å². The molecule has 0 unspecified atom stereocenters. The summed E-state index contributed by atoms with van der Waals surface area (Å²) < 4.78 is 1.74. The smallest absolute Gasteiger partial charge is 0.258 e. The molecule has 0 saturated carbocycles. The number of carbonyl (C=O) groups excluding carboxylic acids is 2. The van der Waals surface area contributed by atoms with Crippen molar-refractivity contribution in [3.8, 4) is 0 Å². The monoisotopic (exact) mass is 371 g/mol. The minimum atomic E-state index is -0.324. The molecule has 3 aromatic rings. The van der Waals surface area contributed by atoms with Gasteiger partial charge in [0.15, 0.2) is 5.65 Å². The number of anilines is 1. The van der Waals surface area contributed by atoms with Crippen LogP contribution in [0.25, 0.3) is 11.2 Å². The highest BCUT2D eigenvalue weighted by atomic mass is 35.5. The van der Waals surface area contributed by atoms with Crippen LogP contribution in [0.4, 0.5) is 5.69 Å². The Balaban J connectivity index is 1.81. The number of pyridine rings is 1. The highest BCUT2D eigenvalue weighted by Gasteiger charge is 2.15. The van der Waals surface area contributed by atoms with Gasteiger partial charge in [0.2, 0.25) is 0 Å². The number of rotatable bonds is 5. The molecular weight excluding hydrogens is 354 g/mol. The molecule has 2 heterocycles. The van der Waals surface area contributed by atoms with E-state index in [1.165, 1.54) is 0 Å². The van der Waals surface area contributed by atoms with Crippen LogP contribution in [0.2, 0.25) is 5.02 Å². The SMILES string of the molecule is CCCNC(=O)c1ccc(NC(=O)c2ccnc3c2ncn3C)cc1Cl. The zero-order chi connectivity index (χ0) is 18.7. The topological polar surface area (TPSA) is 88.9 Å². The normalized spacial score (nSPS) is 10.7. The number of aromatic nitrogens is 3. The zero-order valence-corrected chi connectivity index (χ0v) is 15.2. The molecule has 2 N–H and O–H groups in total. The van der Waals surface area contributed by atoms with Crippen LogP contribution < -0.4 is 10.6 Å². The molecule has 7 nitrogen and oxygen atoms in total. The Labute approximate surface area is 155 Å². The zero-order valence-electron chi connectivity index (χ0n) is 14.4. The molecule has 134 valence electrons. The summed E-state index contributed by atoms with van der Waals surface area (Å²) in [5, 5.41) is 5.82. The first kappa shape index (κ1) is 17.9. The fourth-order valence-electron chi connectivity index (χ4n) is 2.52. The van der Waals surface area contributed by atoms with Crippen LogP contribution in [0.15, 0.2) is 36.8 Å². The quantitative estimate of drug-likeness (QED) is 0.721. The number of carbonyl (C=O) groups is 2. The Bertz CT molecular complexity index is 983. The van der Waals surface area contributed by atoms with Crippen LogP contribution in [0.3, 0.4) is 0 Å². The Morgan fingerprint density at radius 2 is 1.96 bits per heavy atom. The van der Waals surface area contributed by atoms with E-state index in [2.05, 4.69) is 20.6 Å². The lowest BCUT2D eigenvalue weighted by Gasteiger charge is -2.09. The van der Waals surface area contributed by atoms with Gasteiger partial charge in [0.1, 0.15) is 5.52 Å². The molecule has 0 radical (unpaired) electrons. The van der Waals surface area contributed by atoms with E-state index in [0.717, 1.165) is 6.42 Å². The van der Waals surface area contributed by atoms with Gasteiger partial charge in [0, 0.05) is 25.5 Å². The maximum absolute atomic E-state index is 12.6. The van der Waals surface area contributed by atoms with E-state index in [-0.39, 0.29) is 16.8 Å². The highest BCUT2D eigenvalue weighted by Crippen LogP contribution is 2.22. The van der Waals surface area contributed by atoms with Gasteiger partial charge in [-0.25, -0.2) is 9.97 Å². The van der Waals surface area contributed by atoms with Gasteiger partial charge in [0.25, 0.3) is 11.8 Å². The second-order valence-corrected chi connectivity index (χ2v) is 6.20. The minimum Gasteiger partial charge on any atom is -0.352 e. The predicted octanol–water partition coefficient (Wildman–Crippen LogP) is 3.01.